The monoisotopic (exact) mass is 519 g/mol. The molecule has 0 unspecified atom stereocenters. The first-order valence-corrected chi connectivity index (χ1v) is 13.0. The molecular formula is C28H26ClN3O3S. The number of para-hydroxylation sites is 2. The highest BCUT2D eigenvalue weighted by Crippen LogP contribution is 2.42. The maximum absolute atomic E-state index is 14.0. The van der Waals surface area contributed by atoms with Crippen LogP contribution in [0, 0.1) is 0 Å². The fraction of sp³-hybridized carbons (Fsp3) is 0.214. The van der Waals surface area contributed by atoms with E-state index in [9.17, 15) is 9.59 Å². The number of hydrogen-bond donors (Lipinski definition) is 1. The number of halogens is 1. The normalized spacial score (nSPS) is 15.5. The first-order valence-electron chi connectivity index (χ1n) is 11.6. The van der Waals surface area contributed by atoms with Gasteiger partial charge in [0.2, 0.25) is 11.8 Å². The lowest BCUT2D eigenvalue weighted by atomic mass is 10.0. The summed E-state index contributed by atoms with van der Waals surface area (Å²) in [5.41, 5.74) is 3.51. The molecule has 1 N–H and O–H groups in total. The third kappa shape index (κ3) is 4.45. The molecule has 5 rings (SSSR count). The Bertz CT molecular complexity index is 1450. The highest BCUT2D eigenvalue weighted by molar-refractivity contribution is 8.00. The number of carbonyl (C=O) groups is 2. The molecule has 0 bridgehead atoms. The summed E-state index contributed by atoms with van der Waals surface area (Å²) >= 11 is 7.94. The van der Waals surface area contributed by atoms with E-state index in [0.29, 0.717) is 10.8 Å². The van der Waals surface area contributed by atoms with Gasteiger partial charge in [0.15, 0.2) is 0 Å². The zero-order chi connectivity index (χ0) is 25.2. The van der Waals surface area contributed by atoms with Crippen LogP contribution in [0.5, 0.6) is 5.75 Å². The quantitative estimate of drug-likeness (QED) is 0.374. The number of carbonyl (C=O) groups excluding carboxylic acids is 2. The van der Waals surface area contributed by atoms with Crippen LogP contribution >= 0.6 is 23.4 Å². The summed E-state index contributed by atoms with van der Waals surface area (Å²) in [5, 5.41) is 5.51. The molecule has 6 nitrogen and oxygen atoms in total. The van der Waals surface area contributed by atoms with Crippen LogP contribution in [0.15, 0.2) is 77.8 Å². The van der Waals surface area contributed by atoms with Gasteiger partial charge in [-0.2, -0.15) is 0 Å². The topological polar surface area (TPSA) is 63.6 Å². The van der Waals surface area contributed by atoms with Crippen LogP contribution in [0.4, 0.5) is 0 Å². The molecule has 36 heavy (non-hydrogen) atoms. The molecule has 2 amide bonds. The van der Waals surface area contributed by atoms with Crippen molar-refractivity contribution >= 4 is 46.1 Å². The van der Waals surface area contributed by atoms with Gasteiger partial charge in [0.1, 0.15) is 11.8 Å². The van der Waals surface area contributed by atoms with Crippen molar-refractivity contribution in [1.82, 2.24) is 14.8 Å². The van der Waals surface area contributed by atoms with E-state index in [1.165, 1.54) is 11.8 Å². The number of rotatable bonds is 6. The van der Waals surface area contributed by atoms with Gasteiger partial charge in [-0.05, 0) is 23.8 Å². The van der Waals surface area contributed by atoms with Gasteiger partial charge in [0.05, 0.1) is 17.9 Å². The van der Waals surface area contributed by atoms with E-state index in [1.807, 2.05) is 73.8 Å². The number of hydrogen-bond acceptors (Lipinski definition) is 4. The van der Waals surface area contributed by atoms with E-state index in [1.54, 1.807) is 18.1 Å². The smallest absolute Gasteiger partial charge is 0.247 e. The van der Waals surface area contributed by atoms with Crippen molar-refractivity contribution in [1.29, 1.82) is 0 Å². The highest BCUT2D eigenvalue weighted by Gasteiger charge is 2.39. The predicted octanol–water partition coefficient (Wildman–Crippen LogP) is 5.33. The molecule has 1 atom stereocenters. The lowest BCUT2D eigenvalue weighted by molar-refractivity contribution is -0.139. The van der Waals surface area contributed by atoms with E-state index >= 15 is 0 Å². The molecule has 1 aromatic heterocycles. The summed E-state index contributed by atoms with van der Waals surface area (Å²) in [5.74, 6) is 0.570. The van der Waals surface area contributed by atoms with E-state index in [4.69, 9.17) is 16.3 Å². The molecule has 0 saturated carbocycles. The number of benzene rings is 3. The van der Waals surface area contributed by atoms with Gasteiger partial charge < -0.3 is 19.5 Å². The summed E-state index contributed by atoms with van der Waals surface area (Å²) in [6.45, 7) is 0.509. The minimum absolute atomic E-state index is 0.113. The van der Waals surface area contributed by atoms with Crippen LogP contribution in [0.2, 0.25) is 5.02 Å². The van der Waals surface area contributed by atoms with Crippen molar-refractivity contribution in [2.45, 2.75) is 24.2 Å². The third-order valence-electron chi connectivity index (χ3n) is 6.52. The molecule has 4 aromatic rings. The van der Waals surface area contributed by atoms with E-state index < -0.39 is 6.04 Å². The molecule has 0 spiro atoms. The molecule has 2 heterocycles. The number of aromatic nitrogens is 1. The van der Waals surface area contributed by atoms with E-state index in [0.717, 1.165) is 32.6 Å². The maximum Gasteiger partial charge on any atom is 0.247 e. The van der Waals surface area contributed by atoms with Crippen molar-refractivity contribution < 1.29 is 14.3 Å². The second-order valence-electron chi connectivity index (χ2n) is 8.63. The van der Waals surface area contributed by atoms with Crippen LogP contribution in [-0.4, -0.2) is 34.1 Å². The number of methoxy groups -OCH3 is 1. The molecule has 184 valence electrons. The molecule has 1 aliphatic rings. The summed E-state index contributed by atoms with van der Waals surface area (Å²) in [6, 6.07) is 22.2. The summed E-state index contributed by atoms with van der Waals surface area (Å²) in [7, 11) is 3.59. The average Bonchev–Trinajstić information content (AvgIpc) is 3.08. The third-order valence-corrected chi connectivity index (χ3v) is 8.05. The Kier molecular flexibility index (Phi) is 6.94. The highest BCUT2D eigenvalue weighted by atomic mass is 35.5. The number of aryl methyl sites for hydroxylation is 1. The van der Waals surface area contributed by atoms with Crippen molar-refractivity contribution in [2.24, 2.45) is 7.05 Å². The molecule has 3 aromatic carbocycles. The molecule has 0 fully saturated rings. The standard InChI is InChI=1S/C28H26ClN3O3S/c1-31-22-13-7-5-11-20(22)25-26(27(34)30-15-18-9-4-8-14-23(18)35-2)32(24(33)17-36-28(25)31)16-19-10-3-6-12-21(19)29/h3-14,26H,15-17H2,1-2H3,(H,30,34)/t26-/m0/s1. The number of amides is 2. The van der Waals surface area contributed by atoms with Crippen LogP contribution in [-0.2, 0) is 29.7 Å². The summed E-state index contributed by atoms with van der Waals surface area (Å²) < 4.78 is 7.53. The van der Waals surface area contributed by atoms with Crippen molar-refractivity contribution in [2.75, 3.05) is 12.9 Å². The van der Waals surface area contributed by atoms with Gasteiger partial charge in [-0.15, -0.1) is 0 Å². The van der Waals surface area contributed by atoms with Gasteiger partial charge in [0.25, 0.3) is 0 Å². The molecule has 0 radical (unpaired) electrons. The lowest BCUT2D eigenvalue weighted by Gasteiger charge is -2.30. The first kappa shape index (κ1) is 24.3. The molecular weight excluding hydrogens is 494 g/mol. The second-order valence-corrected chi connectivity index (χ2v) is 10.0. The van der Waals surface area contributed by atoms with Crippen molar-refractivity contribution in [3.63, 3.8) is 0 Å². The number of ether oxygens (including phenoxy) is 1. The van der Waals surface area contributed by atoms with Crippen molar-refractivity contribution in [3.8, 4) is 5.75 Å². The number of thioether (sulfide) groups is 1. The Morgan fingerprint density at radius 3 is 2.53 bits per heavy atom. The minimum Gasteiger partial charge on any atom is -0.496 e. The number of nitrogens with zero attached hydrogens (tertiary/aromatic N) is 2. The fourth-order valence-electron chi connectivity index (χ4n) is 4.74. The van der Waals surface area contributed by atoms with Crippen molar-refractivity contribution in [3.05, 3.63) is 94.5 Å². The maximum atomic E-state index is 14.0. The average molecular weight is 520 g/mol. The second kappa shape index (κ2) is 10.3. The van der Waals surface area contributed by atoms with E-state index in [-0.39, 0.29) is 30.7 Å². The van der Waals surface area contributed by atoms with Crippen LogP contribution in [0.25, 0.3) is 10.9 Å². The Balaban J connectivity index is 1.59. The van der Waals surface area contributed by atoms with Gasteiger partial charge >= 0.3 is 0 Å². The Morgan fingerprint density at radius 1 is 1.06 bits per heavy atom. The molecule has 0 aliphatic carbocycles. The van der Waals surface area contributed by atoms with Crippen LogP contribution < -0.4 is 10.1 Å². The largest absolute Gasteiger partial charge is 0.496 e. The minimum atomic E-state index is -0.820. The van der Waals surface area contributed by atoms with E-state index in [2.05, 4.69) is 9.88 Å². The Labute approximate surface area is 219 Å². The Morgan fingerprint density at radius 2 is 1.75 bits per heavy atom. The molecule has 0 saturated heterocycles. The van der Waals surface area contributed by atoms with Crippen LogP contribution in [0.3, 0.4) is 0 Å². The van der Waals surface area contributed by atoms with Gasteiger partial charge in [-0.25, -0.2) is 0 Å². The Hall–Kier alpha value is -3.42. The van der Waals surface area contributed by atoms with Gasteiger partial charge in [-0.1, -0.05) is 78.0 Å². The van der Waals surface area contributed by atoms with Gasteiger partial charge in [-0.3, -0.25) is 9.59 Å². The molecule has 8 heteroatoms. The SMILES string of the molecule is COc1ccccc1CNC(=O)[C@@H]1c2c(n(C)c3ccccc23)SCC(=O)N1Cc1ccccc1Cl. The van der Waals surface area contributed by atoms with Crippen LogP contribution in [0.1, 0.15) is 22.7 Å². The lowest BCUT2D eigenvalue weighted by Crippen LogP contribution is -2.43. The fourth-order valence-corrected chi connectivity index (χ4v) is 6.03. The van der Waals surface area contributed by atoms with Gasteiger partial charge in [0, 0.05) is 47.2 Å². The zero-order valence-corrected chi connectivity index (χ0v) is 21.6. The number of nitrogens with one attached hydrogen (secondary N) is 1. The first-order chi connectivity index (χ1) is 17.5. The molecule has 1 aliphatic heterocycles. The summed E-state index contributed by atoms with van der Waals surface area (Å²) in [6.07, 6.45) is 0. The summed E-state index contributed by atoms with van der Waals surface area (Å²) in [4.78, 5) is 29.1. The number of fused-ring (bicyclic) bond motifs is 3. The predicted molar refractivity (Wildman–Crippen MR) is 143 cm³/mol. The zero-order valence-electron chi connectivity index (χ0n) is 20.0.